The van der Waals surface area contributed by atoms with Gasteiger partial charge in [-0.1, -0.05) is 19.1 Å². The number of amides is 1. The van der Waals surface area contributed by atoms with Gasteiger partial charge in [0.1, 0.15) is 10.3 Å². The van der Waals surface area contributed by atoms with Gasteiger partial charge in [0.25, 0.3) is 26.0 Å². The van der Waals surface area contributed by atoms with Crippen molar-refractivity contribution in [3.63, 3.8) is 0 Å². The van der Waals surface area contributed by atoms with Crippen molar-refractivity contribution >= 4 is 43.0 Å². The zero-order chi connectivity index (χ0) is 28.5. The van der Waals surface area contributed by atoms with Gasteiger partial charge in [0.2, 0.25) is 0 Å². The van der Waals surface area contributed by atoms with Gasteiger partial charge in [0.05, 0.1) is 36.8 Å². The van der Waals surface area contributed by atoms with Crippen LogP contribution in [0.25, 0.3) is 0 Å². The SMILES string of the molecule is C[C@H](CO)N1C[C@H](C)[C@@H](CN(C)S(=O)(=O)c2cn(C)cn2)Oc2c(NS(=O)(=O)c3cccs3)cccc2C1=O. The van der Waals surface area contributed by atoms with Crippen LogP contribution in [0.4, 0.5) is 5.69 Å². The molecule has 0 bridgehead atoms. The summed E-state index contributed by atoms with van der Waals surface area (Å²) in [6, 6.07) is 7.05. The molecule has 0 saturated carbocycles. The number of ether oxygens (including phenoxy) is 1. The van der Waals surface area contributed by atoms with Crippen molar-refractivity contribution in [2.45, 2.75) is 35.2 Å². The van der Waals surface area contributed by atoms with Crippen LogP contribution in [-0.2, 0) is 27.1 Å². The van der Waals surface area contributed by atoms with Gasteiger partial charge in [-0.2, -0.15) is 4.31 Å². The Hall–Kier alpha value is -2.98. The van der Waals surface area contributed by atoms with E-state index in [1.807, 2.05) is 0 Å². The Morgan fingerprint density at radius 3 is 2.62 bits per heavy atom. The Morgan fingerprint density at radius 1 is 1.26 bits per heavy atom. The Labute approximate surface area is 231 Å². The molecule has 15 heteroatoms. The van der Waals surface area contributed by atoms with E-state index < -0.39 is 44.0 Å². The van der Waals surface area contributed by atoms with Crippen LogP contribution in [0.2, 0.25) is 0 Å². The highest BCUT2D eigenvalue weighted by Gasteiger charge is 2.37. The first-order valence-corrected chi connectivity index (χ1v) is 15.9. The number of anilines is 1. The number of aliphatic hydroxyl groups excluding tert-OH is 1. The highest BCUT2D eigenvalue weighted by atomic mass is 32.2. The molecule has 0 radical (unpaired) electrons. The molecule has 3 heterocycles. The number of aromatic nitrogens is 2. The largest absolute Gasteiger partial charge is 0.486 e. The molecular formula is C24H31N5O7S3. The summed E-state index contributed by atoms with van der Waals surface area (Å²) in [7, 11) is -4.87. The predicted octanol–water partition coefficient (Wildman–Crippen LogP) is 1.82. The summed E-state index contributed by atoms with van der Waals surface area (Å²) in [5.41, 5.74) is 0.133. The second-order valence-electron chi connectivity index (χ2n) is 9.51. The van der Waals surface area contributed by atoms with Crippen LogP contribution in [0.5, 0.6) is 5.75 Å². The average Bonchev–Trinajstić information content (AvgIpc) is 3.59. The molecule has 2 N–H and O–H groups in total. The maximum Gasteiger partial charge on any atom is 0.271 e. The molecule has 212 valence electrons. The maximum absolute atomic E-state index is 13.6. The lowest BCUT2D eigenvalue weighted by Crippen LogP contribution is -2.50. The number of carbonyl (C=O) groups is 1. The van der Waals surface area contributed by atoms with E-state index >= 15 is 0 Å². The molecule has 2 aromatic heterocycles. The number of fused-ring (bicyclic) bond motifs is 1. The summed E-state index contributed by atoms with van der Waals surface area (Å²) in [4.78, 5) is 19.1. The molecule has 1 amide bonds. The molecule has 1 aliphatic rings. The summed E-state index contributed by atoms with van der Waals surface area (Å²) in [5, 5.41) is 11.4. The monoisotopic (exact) mass is 597 g/mol. The minimum absolute atomic E-state index is 0.0158. The standard InChI is InChI=1S/C24H31N5O7S3/c1-16-11-29(17(2)14-30)24(31)18-7-5-8-19(26-38(32,33)22-9-6-10-37-22)23(18)36-20(16)12-28(4)39(34,35)21-13-27(3)15-25-21/h5-10,13,15-17,20,26,30H,11-12,14H2,1-4H3/t16-,17+,20+/m0/s1. The molecule has 0 unspecified atom stereocenters. The number of hydrogen-bond donors (Lipinski definition) is 2. The number of carbonyl (C=O) groups excluding carboxylic acids is 1. The van der Waals surface area contributed by atoms with Crippen LogP contribution in [-0.4, -0.2) is 85.5 Å². The van der Waals surface area contributed by atoms with Crippen LogP contribution >= 0.6 is 11.3 Å². The van der Waals surface area contributed by atoms with Crippen molar-refractivity contribution in [3.8, 4) is 5.75 Å². The number of hydrogen-bond acceptors (Lipinski definition) is 9. The number of aliphatic hydroxyl groups is 1. The molecular weight excluding hydrogens is 566 g/mol. The maximum atomic E-state index is 13.6. The van der Waals surface area contributed by atoms with E-state index in [4.69, 9.17) is 4.74 Å². The Balaban J connectivity index is 1.76. The van der Waals surface area contributed by atoms with Gasteiger partial charge in [0.15, 0.2) is 10.8 Å². The van der Waals surface area contributed by atoms with Crippen molar-refractivity contribution in [3.05, 3.63) is 53.8 Å². The molecule has 4 rings (SSSR count). The number of sulfonamides is 2. The first kappa shape index (κ1) is 29.0. The van der Waals surface area contributed by atoms with Gasteiger partial charge in [-0.25, -0.2) is 21.8 Å². The number of nitrogens with zero attached hydrogens (tertiary/aromatic N) is 4. The number of thiophene rings is 1. The molecule has 1 aromatic carbocycles. The highest BCUT2D eigenvalue weighted by molar-refractivity contribution is 7.94. The normalized spacial score (nSPS) is 19.2. The van der Waals surface area contributed by atoms with Gasteiger partial charge in [-0.3, -0.25) is 9.52 Å². The quantitative estimate of drug-likeness (QED) is 0.379. The Kier molecular flexibility index (Phi) is 8.37. The zero-order valence-corrected chi connectivity index (χ0v) is 24.3. The number of para-hydroxylation sites is 1. The van der Waals surface area contributed by atoms with Gasteiger partial charge >= 0.3 is 0 Å². The van der Waals surface area contributed by atoms with Gasteiger partial charge in [-0.05, 0) is 30.5 Å². The highest BCUT2D eigenvalue weighted by Crippen LogP contribution is 2.36. The Bertz CT molecular complexity index is 1540. The zero-order valence-electron chi connectivity index (χ0n) is 21.9. The predicted molar refractivity (Wildman–Crippen MR) is 146 cm³/mol. The van der Waals surface area contributed by atoms with E-state index in [0.717, 1.165) is 15.6 Å². The number of likely N-dealkylation sites (N-methyl/N-ethyl adjacent to an activating group) is 1. The van der Waals surface area contributed by atoms with Gasteiger partial charge in [0, 0.05) is 32.8 Å². The second kappa shape index (κ2) is 11.3. The van der Waals surface area contributed by atoms with Crippen molar-refractivity contribution < 1.29 is 31.5 Å². The number of aryl methyl sites for hydroxylation is 1. The molecule has 1 aliphatic heterocycles. The van der Waals surface area contributed by atoms with E-state index in [0.29, 0.717) is 0 Å². The van der Waals surface area contributed by atoms with E-state index in [-0.39, 0.29) is 45.9 Å². The van der Waals surface area contributed by atoms with Gasteiger partial charge in [-0.15, -0.1) is 11.3 Å². The van der Waals surface area contributed by atoms with E-state index in [9.17, 15) is 26.7 Å². The number of benzene rings is 1. The number of rotatable bonds is 9. The molecule has 12 nitrogen and oxygen atoms in total. The first-order chi connectivity index (χ1) is 18.3. The molecule has 39 heavy (non-hydrogen) atoms. The average molecular weight is 598 g/mol. The molecule has 3 aromatic rings. The molecule has 0 saturated heterocycles. The minimum atomic E-state index is -3.98. The van der Waals surface area contributed by atoms with Crippen LogP contribution in [0.1, 0.15) is 24.2 Å². The van der Waals surface area contributed by atoms with E-state index in [1.165, 1.54) is 53.3 Å². The minimum Gasteiger partial charge on any atom is -0.486 e. The lowest BCUT2D eigenvalue weighted by atomic mass is 9.99. The third kappa shape index (κ3) is 5.96. The van der Waals surface area contributed by atoms with E-state index in [2.05, 4.69) is 9.71 Å². The summed E-state index contributed by atoms with van der Waals surface area (Å²) < 4.78 is 64.0. The third-order valence-corrected chi connectivity index (χ3v) is 11.0. The summed E-state index contributed by atoms with van der Waals surface area (Å²) in [5.74, 6) is -0.860. The van der Waals surface area contributed by atoms with Crippen LogP contribution in [0.15, 0.2) is 57.5 Å². The summed E-state index contributed by atoms with van der Waals surface area (Å²) in [6.45, 7) is 3.27. The fourth-order valence-electron chi connectivity index (χ4n) is 4.19. The van der Waals surface area contributed by atoms with Crippen LogP contribution in [0, 0.1) is 5.92 Å². The fraction of sp³-hybridized carbons (Fsp3) is 0.417. The van der Waals surface area contributed by atoms with Crippen LogP contribution < -0.4 is 9.46 Å². The first-order valence-electron chi connectivity index (χ1n) is 12.1. The fourth-order valence-corrected chi connectivity index (χ4v) is 7.38. The molecule has 3 atom stereocenters. The third-order valence-electron chi connectivity index (χ3n) is 6.49. The lowest BCUT2D eigenvalue weighted by molar-refractivity contribution is 0.0389. The van der Waals surface area contributed by atoms with Crippen LogP contribution in [0.3, 0.4) is 0 Å². The lowest BCUT2D eigenvalue weighted by Gasteiger charge is -2.38. The summed E-state index contributed by atoms with van der Waals surface area (Å²) >= 11 is 1.04. The summed E-state index contributed by atoms with van der Waals surface area (Å²) in [6.07, 6.45) is 1.99. The molecule has 0 fully saturated rings. The number of nitrogens with one attached hydrogen (secondary N) is 1. The van der Waals surface area contributed by atoms with Gasteiger partial charge < -0.3 is 19.3 Å². The second-order valence-corrected chi connectivity index (χ2v) is 14.4. The van der Waals surface area contributed by atoms with Crippen molar-refractivity contribution in [1.29, 1.82) is 0 Å². The topological polar surface area (TPSA) is 151 Å². The van der Waals surface area contributed by atoms with Crippen molar-refractivity contribution in [1.82, 2.24) is 18.8 Å². The molecule has 0 aliphatic carbocycles. The molecule has 0 spiro atoms. The Morgan fingerprint density at radius 2 is 2.00 bits per heavy atom. The van der Waals surface area contributed by atoms with Crippen molar-refractivity contribution in [2.24, 2.45) is 13.0 Å². The smallest absolute Gasteiger partial charge is 0.271 e. The van der Waals surface area contributed by atoms with Crippen molar-refractivity contribution in [2.75, 3.05) is 31.5 Å². The van der Waals surface area contributed by atoms with E-state index in [1.54, 1.807) is 32.3 Å². The number of imidazole rings is 1.